The SMILES string of the molecule is CNC(=O)CNC(=O)C(N)c1ccc(OC)cc1. The Morgan fingerprint density at radius 1 is 1.33 bits per heavy atom. The average Bonchev–Trinajstić information content (AvgIpc) is 2.43. The van der Waals surface area contributed by atoms with Gasteiger partial charge < -0.3 is 21.1 Å². The number of nitrogens with two attached hydrogens (primary N) is 1. The standard InChI is InChI=1S/C12H17N3O3/c1-14-10(16)7-15-12(17)11(13)8-3-5-9(18-2)6-4-8/h3-6,11H,7,13H2,1-2H3,(H,14,16)(H,15,17). The molecule has 0 saturated carbocycles. The number of hydrogen-bond donors (Lipinski definition) is 3. The molecule has 0 aromatic heterocycles. The van der Waals surface area contributed by atoms with Gasteiger partial charge in [0, 0.05) is 7.05 Å². The van der Waals surface area contributed by atoms with E-state index in [1.165, 1.54) is 7.05 Å². The van der Waals surface area contributed by atoms with Gasteiger partial charge in [0.05, 0.1) is 13.7 Å². The first-order valence-corrected chi connectivity index (χ1v) is 5.46. The number of hydrogen-bond acceptors (Lipinski definition) is 4. The van der Waals surface area contributed by atoms with E-state index >= 15 is 0 Å². The molecule has 0 aliphatic rings. The number of amides is 2. The highest BCUT2D eigenvalue weighted by molar-refractivity contribution is 5.87. The number of rotatable bonds is 5. The van der Waals surface area contributed by atoms with E-state index in [9.17, 15) is 9.59 Å². The minimum Gasteiger partial charge on any atom is -0.497 e. The molecule has 0 bridgehead atoms. The Balaban J connectivity index is 2.59. The summed E-state index contributed by atoms with van der Waals surface area (Å²) in [5.41, 5.74) is 6.43. The number of ether oxygens (including phenoxy) is 1. The highest BCUT2D eigenvalue weighted by Crippen LogP contribution is 2.15. The molecule has 6 nitrogen and oxygen atoms in total. The first kappa shape index (κ1) is 14.0. The number of carbonyl (C=O) groups is 2. The summed E-state index contributed by atoms with van der Waals surface area (Å²) in [6, 6.07) is 6.06. The fourth-order valence-electron chi connectivity index (χ4n) is 1.33. The minimum absolute atomic E-state index is 0.0841. The molecule has 2 amide bonds. The molecule has 1 aromatic carbocycles. The number of likely N-dealkylation sites (N-methyl/N-ethyl adjacent to an activating group) is 1. The molecule has 0 saturated heterocycles. The molecule has 1 atom stereocenters. The molecule has 1 aromatic rings. The van der Waals surface area contributed by atoms with Gasteiger partial charge in [-0.25, -0.2) is 0 Å². The lowest BCUT2D eigenvalue weighted by Gasteiger charge is -2.12. The maximum absolute atomic E-state index is 11.7. The molecule has 6 heteroatoms. The second-order valence-corrected chi connectivity index (χ2v) is 3.64. The van der Waals surface area contributed by atoms with Crippen molar-refractivity contribution in [3.8, 4) is 5.75 Å². The van der Waals surface area contributed by atoms with E-state index in [1.807, 2.05) is 0 Å². The molecule has 0 spiro atoms. The third-order valence-corrected chi connectivity index (χ3v) is 2.46. The quantitative estimate of drug-likeness (QED) is 0.661. The molecule has 1 rings (SSSR count). The summed E-state index contributed by atoms with van der Waals surface area (Å²) in [5, 5.41) is 4.86. The van der Waals surface area contributed by atoms with Crippen LogP contribution in [0.25, 0.3) is 0 Å². The Morgan fingerprint density at radius 2 is 1.94 bits per heavy atom. The Hall–Kier alpha value is -2.08. The van der Waals surface area contributed by atoms with E-state index in [-0.39, 0.29) is 12.5 Å². The summed E-state index contributed by atoms with van der Waals surface area (Å²) < 4.78 is 5.01. The van der Waals surface area contributed by atoms with E-state index in [0.717, 1.165) is 0 Å². The van der Waals surface area contributed by atoms with Gasteiger partial charge in [0.15, 0.2) is 0 Å². The van der Waals surface area contributed by atoms with Gasteiger partial charge in [-0.15, -0.1) is 0 Å². The van der Waals surface area contributed by atoms with Crippen molar-refractivity contribution in [2.75, 3.05) is 20.7 Å². The van der Waals surface area contributed by atoms with Crippen molar-refractivity contribution in [2.24, 2.45) is 5.73 Å². The van der Waals surface area contributed by atoms with Crippen LogP contribution in [0.5, 0.6) is 5.75 Å². The highest BCUT2D eigenvalue weighted by Gasteiger charge is 2.16. The lowest BCUT2D eigenvalue weighted by atomic mass is 10.1. The zero-order valence-electron chi connectivity index (χ0n) is 10.4. The zero-order valence-corrected chi connectivity index (χ0v) is 10.4. The Kier molecular flexibility index (Phi) is 5.13. The third-order valence-electron chi connectivity index (χ3n) is 2.46. The van der Waals surface area contributed by atoms with Crippen LogP contribution in [0.15, 0.2) is 24.3 Å². The summed E-state index contributed by atoms with van der Waals surface area (Å²) in [7, 11) is 3.06. The van der Waals surface area contributed by atoms with Crippen molar-refractivity contribution >= 4 is 11.8 Å². The highest BCUT2D eigenvalue weighted by atomic mass is 16.5. The molecule has 4 N–H and O–H groups in total. The summed E-state index contributed by atoms with van der Waals surface area (Å²) in [6.07, 6.45) is 0. The minimum atomic E-state index is -0.805. The molecule has 1 unspecified atom stereocenters. The molecular weight excluding hydrogens is 234 g/mol. The fraction of sp³-hybridized carbons (Fsp3) is 0.333. The van der Waals surface area contributed by atoms with E-state index in [1.54, 1.807) is 31.4 Å². The first-order valence-electron chi connectivity index (χ1n) is 5.46. The van der Waals surface area contributed by atoms with Crippen LogP contribution >= 0.6 is 0 Å². The third kappa shape index (κ3) is 3.74. The van der Waals surface area contributed by atoms with Gasteiger partial charge in [0.25, 0.3) is 0 Å². The van der Waals surface area contributed by atoms with Gasteiger partial charge in [0.2, 0.25) is 11.8 Å². The number of nitrogens with one attached hydrogen (secondary N) is 2. The van der Waals surface area contributed by atoms with Crippen LogP contribution in [-0.4, -0.2) is 32.5 Å². The summed E-state index contributed by atoms with van der Waals surface area (Å²) in [4.78, 5) is 22.6. The van der Waals surface area contributed by atoms with Crippen molar-refractivity contribution in [3.05, 3.63) is 29.8 Å². The van der Waals surface area contributed by atoms with Crippen LogP contribution in [0, 0.1) is 0 Å². The fourth-order valence-corrected chi connectivity index (χ4v) is 1.33. The zero-order chi connectivity index (χ0) is 13.5. The van der Waals surface area contributed by atoms with Crippen LogP contribution in [0.2, 0.25) is 0 Å². The van der Waals surface area contributed by atoms with Crippen molar-refractivity contribution in [1.29, 1.82) is 0 Å². The first-order chi connectivity index (χ1) is 8.58. The summed E-state index contributed by atoms with van der Waals surface area (Å²) in [5.74, 6) is 0.0192. The molecule has 0 heterocycles. The molecule has 0 aliphatic carbocycles. The van der Waals surface area contributed by atoms with E-state index in [0.29, 0.717) is 11.3 Å². The van der Waals surface area contributed by atoms with Gasteiger partial charge in [-0.05, 0) is 17.7 Å². The van der Waals surface area contributed by atoms with Gasteiger partial charge in [-0.2, -0.15) is 0 Å². The second-order valence-electron chi connectivity index (χ2n) is 3.64. The lowest BCUT2D eigenvalue weighted by Crippen LogP contribution is -2.40. The summed E-state index contributed by atoms with van der Waals surface area (Å²) >= 11 is 0. The van der Waals surface area contributed by atoms with Crippen LogP contribution in [0.1, 0.15) is 11.6 Å². The molecule has 0 fully saturated rings. The monoisotopic (exact) mass is 251 g/mol. The van der Waals surface area contributed by atoms with Crippen molar-refractivity contribution in [1.82, 2.24) is 10.6 Å². The lowest BCUT2D eigenvalue weighted by molar-refractivity contribution is -0.126. The largest absolute Gasteiger partial charge is 0.497 e. The van der Waals surface area contributed by atoms with E-state index < -0.39 is 11.9 Å². The van der Waals surface area contributed by atoms with E-state index in [4.69, 9.17) is 10.5 Å². The average molecular weight is 251 g/mol. The van der Waals surface area contributed by atoms with Gasteiger partial charge in [-0.1, -0.05) is 12.1 Å². The maximum atomic E-state index is 11.7. The van der Waals surface area contributed by atoms with Gasteiger partial charge >= 0.3 is 0 Å². The van der Waals surface area contributed by atoms with Crippen molar-refractivity contribution < 1.29 is 14.3 Å². The van der Waals surface area contributed by atoms with Gasteiger partial charge in [0.1, 0.15) is 11.8 Å². The molecule has 0 radical (unpaired) electrons. The smallest absolute Gasteiger partial charge is 0.241 e. The molecular formula is C12H17N3O3. The maximum Gasteiger partial charge on any atom is 0.241 e. The summed E-state index contributed by atoms with van der Waals surface area (Å²) in [6.45, 7) is -0.0841. The van der Waals surface area contributed by atoms with Crippen LogP contribution in [-0.2, 0) is 9.59 Å². The van der Waals surface area contributed by atoms with Crippen molar-refractivity contribution in [3.63, 3.8) is 0 Å². The predicted molar refractivity (Wildman–Crippen MR) is 67.0 cm³/mol. The number of benzene rings is 1. The Morgan fingerprint density at radius 3 is 2.44 bits per heavy atom. The predicted octanol–water partition coefficient (Wildman–Crippen LogP) is -0.443. The second kappa shape index (κ2) is 6.61. The van der Waals surface area contributed by atoms with Gasteiger partial charge in [-0.3, -0.25) is 9.59 Å². The molecule has 98 valence electrons. The topological polar surface area (TPSA) is 93.5 Å². The number of carbonyl (C=O) groups excluding carboxylic acids is 2. The Bertz CT molecular complexity index is 417. The van der Waals surface area contributed by atoms with Crippen LogP contribution in [0.4, 0.5) is 0 Å². The van der Waals surface area contributed by atoms with Crippen molar-refractivity contribution in [2.45, 2.75) is 6.04 Å². The molecule has 18 heavy (non-hydrogen) atoms. The molecule has 0 aliphatic heterocycles. The normalized spacial score (nSPS) is 11.5. The Labute approximate surface area is 105 Å². The van der Waals surface area contributed by atoms with Crippen LogP contribution < -0.4 is 21.1 Å². The van der Waals surface area contributed by atoms with E-state index in [2.05, 4.69) is 10.6 Å². The number of methoxy groups -OCH3 is 1. The van der Waals surface area contributed by atoms with Crippen LogP contribution in [0.3, 0.4) is 0 Å².